The van der Waals surface area contributed by atoms with E-state index in [-0.39, 0.29) is 5.97 Å². The van der Waals surface area contributed by atoms with Crippen LogP contribution in [0.15, 0.2) is 4.99 Å². The average Bonchev–Trinajstić information content (AvgIpc) is 2.54. The van der Waals surface area contributed by atoms with Gasteiger partial charge in [0.15, 0.2) is 5.96 Å². The number of hydrogen-bond acceptors (Lipinski definition) is 5. The lowest BCUT2D eigenvalue weighted by Gasteiger charge is -2.11. The molecule has 0 aromatic rings. The van der Waals surface area contributed by atoms with Crippen LogP contribution in [0.2, 0.25) is 0 Å². The lowest BCUT2D eigenvalue weighted by atomic mass is 10.2. The van der Waals surface area contributed by atoms with Gasteiger partial charge in [-0.15, -0.1) is 0 Å². The summed E-state index contributed by atoms with van der Waals surface area (Å²) in [6.45, 7) is 3.63. The topological polar surface area (TPSA) is 81.2 Å². The van der Waals surface area contributed by atoms with Crippen LogP contribution in [-0.4, -0.2) is 66.1 Å². The van der Waals surface area contributed by atoms with E-state index >= 15 is 0 Å². The maximum Gasteiger partial charge on any atom is 0.305 e. The van der Waals surface area contributed by atoms with Gasteiger partial charge in [0.1, 0.15) is 0 Å². The van der Waals surface area contributed by atoms with Crippen molar-refractivity contribution in [3.8, 4) is 0 Å². The Hall–Kier alpha value is -1.34. The Labute approximate surface area is 133 Å². The Kier molecular flexibility index (Phi) is 15.1. The van der Waals surface area contributed by atoms with Gasteiger partial charge in [0.05, 0.1) is 20.3 Å². The second-order valence-electron chi connectivity index (χ2n) is 4.77. The van der Waals surface area contributed by atoms with Crippen molar-refractivity contribution in [2.24, 2.45) is 4.99 Å². The number of unbranched alkanes of at least 4 members (excludes halogenated alkanes) is 2. The van der Waals surface area contributed by atoms with Crippen LogP contribution >= 0.6 is 0 Å². The third-order valence-corrected chi connectivity index (χ3v) is 2.99. The van der Waals surface area contributed by atoms with Gasteiger partial charge in [-0.3, -0.25) is 9.79 Å². The third-order valence-electron chi connectivity index (χ3n) is 2.99. The molecule has 0 atom stereocenters. The Balaban J connectivity index is 3.42. The zero-order valence-electron chi connectivity index (χ0n) is 14.2. The van der Waals surface area contributed by atoms with E-state index in [0.717, 1.165) is 44.7 Å². The third kappa shape index (κ3) is 13.6. The normalized spacial score (nSPS) is 11.3. The molecule has 130 valence electrons. The molecule has 0 aromatic heterocycles. The number of nitrogens with zero attached hydrogens (tertiary/aromatic N) is 1. The molecule has 0 aliphatic rings. The first-order chi connectivity index (χ1) is 10.7. The predicted octanol–water partition coefficient (Wildman–Crippen LogP) is 0.938. The van der Waals surface area contributed by atoms with E-state index < -0.39 is 0 Å². The summed E-state index contributed by atoms with van der Waals surface area (Å²) in [5.41, 5.74) is 0. The van der Waals surface area contributed by atoms with Crippen molar-refractivity contribution in [1.82, 2.24) is 10.6 Å². The van der Waals surface area contributed by atoms with Crippen LogP contribution in [0.25, 0.3) is 0 Å². The molecule has 7 nitrogen and oxygen atoms in total. The molecule has 0 aliphatic carbocycles. The van der Waals surface area contributed by atoms with E-state index in [1.807, 2.05) is 0 Å². The minimum Gasteiger partial charge on any atom is -0.469 e. The number of carbonyl (C=O) groups is 1. The van der Waals surface area contributed by atoms with Crippen molar-refractivity contribution in [1.29, 1.82) is 0 Å². The summed E-state index contributed by atoms with van der Waals surface area (Å²) >= 11 is 0. The number of ether oxygens (including phenoxy) is 3. The second kappa shape index (κ2) is 16.0. The molecule has 0 spiro atoms. The molecule has 0 saturated heterocycles. The average molecular weight is 317 g/mol. The van der Waals surface area contributed by atoms with Crippen molar-refractivity contribution in [2.75, 3.05) is 54.2 Å². The molecule has 0 amide bonds. The Morgan fingerprint density at radius 2 is 1.68 bits per heavy atom. The molecule has 0 bridgehead atoms. The summed E-state index contributed by atoms with van der Waals surface area (Å²) in [5, 5.41) is 6.48. The van der Waals surface area contributed by atoms with Crippen molar-refractivity contribution in [2.45, 2.75) is 32.1 Å². The van der Waals surface area contributed by atoms with E-state index in [0.29, 0.717) is 26.2 Å². The monoisotopic (exact) mass is 317 g/mol. The summed E-state index contributed by atoms with van der Waals surface area (Å²) in [5.74, 6) is 0.656. The largest absolute Gasteiger partial charge is 0.469 e. The summed E-state index contributed by atoms with van der Waals surface area (Å²) in [4.78, 5) is 15.1. The van der Waals surface area contributed by atoms with Crippen LogP contribution in [0.5, 0.6) is 0 Å². The Morgan fingerprint density at radius 3 is 2.32 bits per heavy atom. The number of aliphatic imine (C=N–C) groups is 1. The molecule has 0 radical (unpaired) electrons. The van der Waals surface area contributed by atoms with Gasteiger partial charge < -0.3 is 24.8 Å². The molecular formula is C15H31N3O4. The van der Waals surface area contributed by atoms with Gasteiger partial charge in [-0.1, -0.05) is 6.42 Å². The molecule has 2 N–H and O–H groups in total. The number of nitrogens with one attached hydrogen (secondary N) is 2. The lowest BCUT2D eigenvalue weighted by molar-refractivity contribution is -0.140. The standard InChI is InChI=1S/C15H31N3O4/c1-16-15(18-10-7-11-22-13-12-20-2)17-9-6-4-5-8-14(19)21-3/h4-13H2,1-3H3,(H2,16,17,18). The lowest BCUT2D eigenvalue weighted by Crippen LogP contribution is -2.38. The van der Waals surface area contributed by atoms with Gasteiger partial charge in [-0.2, -0.15) is 0 Å². The highest BCUT2D eigenvalue weighted by Crippen LogP contribution is 1.99. The molecule has 0 heterocycles. The van der Waals surface area contributed by atoms with Crippen LogP contribution in [0, 0.1) is 0 Å². The van der Waals surface area contributed by atoms with Gasteiger partial charge in [-0.25, -0.2) is 0 Å². The number of esters is 1. The van der Waals surface area contributed by atoms with Crippen LogP contribution in [0.3, 0.4) is 0 Å². The highest BCUT2D eigenvalue weighted by Gasteiger charge is 2.00. The number of carbonyl (C=O) groups excluding carboxylic acids is 1. The first-order valence-corrected chi connectivity index (χ1v) is 7.82. The fourth-order valence-electron chi connectivity index (χ4n) is 1.73. The van der Waals surface area contributed by atoms with Crippen molar-refractivity contribution < 1.29 is 19.0 Å². The minimum atomic E-state index is -0.141. The Morgan fingerprint density at radius 1 is 0.955 bits per heavy atom. The van der Waals surface area contributed by atoms with Gasteiger partial charge in [-0.05, 0) is 19.3 Å². The van der Waals surface area contributed by atoms with E-state index in [2.05, 4.69) is 20.4 Å². The van der Waals surface area contributed by atoms with Crippen molar-refractivity contribution in [3.05, 3.63) is 0 Å². The number of guanidine groups is 1. The molecule has 0 fully saturated rings. The van der Waals surface area contributed by atoms with Crippen LogP contribution in [0.1, 0.15) is 32.1 Å². The maximum absolute atomic E-state index is 10.9. The highest BCUT2D eigenvalue weighted by atomic mass is 16.5. The van der Waals surface area contributed by atoms with Crippen molar-refractivity contribution in [3.63, 3.8) is 0 Å². The maximum atomic E-state index is 10.9. The van der Waals surface area contributed by atoms with Gasteiger partial charge >= 0.3 is 5.97 Å². The SMILES string of the molecule is CN=C(NCCCCCC(=O)OC)NCCCOCCOC. The van der Waals surface area contributed by atoms with E-state index in [9.17, 15) is 4.79 Å². The minimum absolute atomic E-state index is 0.141. The smallest absolute Gasteiger partial charge is 0.305 e. The number of rotatable bonds is 13. The first kappa shape index (κ1) is 20.7. The number of methoxy groups -OCH3 is 2. The summed E-state index contributed by atoms with van der Waals surface area (Å²) in [6.07, 6.45) is 4.26. The van der Waals surface area contributed by atoms with Gasteiger partial charge in [0.25, 0.3) is 0 Å². The Bertz CT molecular complexity index is 299. The fraction of sp³-hybridized carbons (Fsp3) is 0.867. The fourth-order valence-corrected chi connectivity index (χ4v) is 1.73. The number of hydrogen-bond donors (Lipinski definition) is 2. The molecule has 0 aliphatic heterocycles. The molecule has 0 aromatic carbocycles. The molecular weight excluding hydrogens is 286 g/mol. The van der Waals surface area contributed by atoms with Gasteiger partial charge in [0, 0.05) is 40.3 Å². The second-order valence-corrected chi connectivity index (χ2v) is 4.77. The van der Waals surface area contributed by atoms with Crippen LogP contribution < -0.4 is 10.6 Å². The summed E-state index contributed by atoms with van der Waals surface area (Å²) in [6, 6.07) is 0. The predicted molar refractivity (Wildman–Crippen MR) is 87.2 cm³/mol. The van der Waals surface area contributed by atoms with E-state index in [1.165, 1.54) is 7.11 Å². The molecule has 0 unspecified atom stereocenters. The summed E-state index contributed by atoms with van der Waals surface area (Å²) in [7, 11) is 4.83. The van der Waals surface area contributed by atoms with E-state index in [1.54, 1.807) is 14.2 Å². The highest BCUT2D eigenvalue weighted by molar-refractivity contribution is 5.79. The van der Waals surface area contributed by atoms with Crippen LogP contribution in [-0.2, 0) is 19.0 Å². The van der Waals surface area contributed by atoms with Crippen molar-refractivity contribution >= 4 is 11.9 Å². The molecule has 7 heteroatoms. The summed E-state index contributed by atoms with van der Waals surface area (Å²) < 4.78 is 14.9. The molecule has 0 saturated carbocycles. The van der Waals surface area contributed by atoms with Gasteiger partial charge in [0.2, 0.25) is 0 Å². The zero-order valence-corrected chi connectivity index (χ0v) is 14.2. The zero-order chi connectivity index (χ0) is 16.5. The van der Waals surface area contributed by atoms with Crippen LogP contribution in [0.4, 0.5) is 0 Å². The first-order valence-electron chi connectivity index (χ1n) is 7.82. The molecule has 22 heavy (non-hydrogen) atoms. The molecule has 0 rings (SSSR count). The van der Waals surface area contributed by atoms with E-state index in [4.69, 9.17) is 9.47 Å². The quantitative estimate of drug-likeness (QED) is 0.228.